The first kappa shape index (κ1) is 16.1. The molecule has 3 aromatic rings. The normalized spacial score (nSPS) is 11.2. The zero-order valence-corrected chi connectivity index (χ0v) is 14.4. The second-order valence-electron chi connectivity index (χ2n) is 5.12. The SMILES string of the molecule is Cc1ccc2nc(-c3ccc(N/N=C(\C#N)C(N)=S)cc3)sc2c1. The van der Waals surface area contributed by atoms with E-state index in [-0.39, 0.29) is 10.7 Å². The number of benzene rings is 2. The fourth-order valence-electron chi connectivity index (χ4n) is 2.10. The van der Waals surface area contributed by atoms with Gasteiger partial charge in [-0.05, 0) is 48.9 Å². The van der Waals surface area contributed by atoms with E-state index in [9.17, 15) is 0 Å². The number of rotatable bonds is 4. The van der Waals surface area contributed by atoms with Crippen LogP contribution in [0.15, 0.2) is 47.6 Å². The first-order chi connectivity index (χ1) is 11.6. The molecule has 0 atom stereocenters. The highest BCUT2D eigenvalue weighted by atomic mass is 32.1. The van der Waals surface area contributed by atoms with Crippen LogP contribution in [-0.4, -0.2) is 15.7 Å². The smallest absolute Gasteiger partial charge is 0.194 e. The van der Waals surface area contributed by atoms with Crippen LogP contribution in [0.3, 0.4) is 0 Å². The van der Waals surface area contributed by atoms with Gasteiger partial charge in [0.15, 0.2) is 5.71 Å². The van der Waals surface area contributed by atoms with E-state index < -0.39 is 0 Å². The Morgan fingerprint density at radius 1 is 1.29 bits per heavy atom. The molecule has 0 bridgehead atoms. The van der Waals surface area contributed by atoms with Gasteiger partial charge >= 0.3 is 0 Å². The van der Waals surface area contributed by atoms with Crippen LogP contribution in [0.2, 0.25) is 0 Å². The Bertz CT molecular complexity index is 980. The first-order valence-electron chi connectivity index (χ1n) is 7.08. The summed E-state index contributed by atoms with van der Waals surface area (Å²) in [5.74, 6) is 0. The lowest BCUT2D eigenvalue weighted by Crippen LogP contribution is -2.20. The van der Waals surface area contributed by atoms with Crippen molar-refractivity contribution in [2.24, 2.45) is 10.8 Å². The van der Waals surface area contributed by atoms with Gasteiger partial charge in [-0.2, -0.15) is 10.4 Å². The Hall–Kier alpha value is -2.82. The van der Waals surface area contributed by atoms with Crippen molar-refractivity contribution in [3.63, 3.8) is 0 Å². The fraction of sp³-hybridized carbons (Fsp3) is 0.0588. The Labute approximate surface area is 148 Å². The van der Waals surface area contributed by atoms with E-state index in [4.69, 9.17) is 23.2 Å². The van der Waals surface area contributed by atoms with E-state index in [2.05, 4.69) is 34.6 Å². The van der Waals surface area contributed by atoms with Crippen molar-refractivity contribution in [3.05, 3.63) is 48.0 Å². The van der Waals surface area contributed by atoms with Gasteiger partial charge in [0.2, 0.25) is 0 Å². The minimum absolute atomic E-state index is 0.00406. The number of fused-ring (bicyclic) bond motifs is 1. The van der Waals surface area contributed by atoms with Crippen molar-refractivity contribution in [1.82, 2.24) is 4.98 Å². The maximum atomic E-state index is 8.86. The highest BCUT2D eigenvalue weighted by Crippen LogP contribution is 2.31. The summed E-state index contributed by atoms with van der Waals surface area (Å²) < 4.78 is 1.17. The predicted octanol–water partition coefficient (Wildman–Crippen LogP) is 3.85. The minimum Gasteiger partial charge on any atom is -0.387 e. The molecule has 0 saturated heterocycles. The zero-order valence-electron chi connectivity index (χ0n) is 12.8. The molecular formula is C17H13N5S2. The Morgan fingerprint density at radius 2 is 2.04 bits per heavy atom. The van der Waals surface area contributed by atoms with Crippen LogP contribution in [0.1, 0.15) is 5.56 Å². The van der Waals surface area contributed by atoms with E-state index >= 15 is 0 Å². The molecule has 5 nitrogen and oxygen atoms in total. The summed E-state index contributed by atoms with van der Waals surface area (Å²) >= 11 is 6.39. The predicted molar refractivity (Wildman–Crippen MR) is 103 cm³/mol. The largest absolute Gasteiger partial charge is 0.387 e. The van der Waals surface area contributed by atoms with E-state index in [0.29, 0.717) is 0 Å². The number of nitrogens with two attached hydrogens (primary N) is 1. The van der Waals surface area contributed by atoms with Crippen LogP contribution in [0.5, 0.6) is 0 Å². The summed E-state index contributed by atoms with van der Waals surface area (Å²) in [6, 6.07) is 15.7. The number of nitrogens with one attached hydrogen (secondary N) is 1. The number of aryl methyl sites for hydroxylation is 1. The highest BCUT2D eigenvalue weighted by Gasteiger charge is 2.06. The van der Waals surface area contributed by atoms with Crippen molar-refractivity contribution in [3.8, 4) is 16.6 Å². The molecule has 0 radical (unpaired) electrons. The number of nitriles is 1. The Balaban J connectivity index is 1.83. The first-order valence-corrected chi connectivity index (χ1v) is 8.30. The number of hydrogen-bond acceptors (Lipinski definition) is 6. The second kappa shape index (κ2) is 6.74. The fourth-order valence-corrected chi connectivity index (χ4v) is 3.26. The van der Waals surface area contributed by atoms with E-state index in [1.54, 1.807) is 11.3 Å². The molecule has 2 aromatic carbocycles. The summed E-state index contributed by atoms with van der Waals surface area (Å²) in [4.78, 5) is 4.62. The number of anilines is 1. The zero-order chi connectivity index (χ0) is 17.1. The molecule has 0 aliphatic rings. The summed E-state index contributed by atoms with van der Waals surface area (Å²) in [7, 11) is 0. The van der Waals surface area contributed by atoms with E-state index in [1.165, 1.54) is 10.3 Å². The molecular weight excluding hydrogens is 338 g/mol. The van der Waals surface area contributed by atoms with Gasteiger partial charge in [0.1, 0.15) is 16.1 Å². The van der Waals surface area contributed by atoms with E-state index in [1.807, 2.05) is 36.4 Å². The monoisotopic (exact) mass is 351 g/mol. The van der Waals surface area contributed by atoms with Crippen molar-refractivity contribution < 1.29 is 0 Å². The molecule has 0 aliphatic heterocycles. The van der Waals surface area contributed by atoms with Gasteiger partial charge in [0.05, 0.1) is 15.9 Å². The minimum atomic E-state index is -0.0358. The lowest BCUT2D eigenvalue weighted by Gasteiger charge is -2.02. The second-order valence-corrected chi connectivity index (χ2v) is 6.59. The number of nitrogens with zero attached hydrogens (tertiary/aromatic N) is 3. The molecule has 1 aromatic heterocycles. The maximum absolute atomic E-state index is 8.86. The van der Waals surface area contributed by atoms with Crippen LogP contribution in [0.25, 0.3) is 20.8 Å². The van der Waals surface area contributed by atoms with Gasteiger partial charge in [-0.15, -0.1) is 11.3 Å². The standard InChI is InChI=1S/C17H13N5S2/c1-10-2-7-13-15(8-10)24-17(20-13)11-3-5-12(6-4-11)21-22-14(9-18)16(19)23/h2-8,21H,1H3,(H2,19,23)/b22-14+. The van der Waals surface area contributed by atoms with Gasteiger partial charge in [-0.25, -0.2) is 4.98 Å². The van der Waals surface area contributed by atoms with Crippen LogP contribution in [0.4, 0.5) is 5.69 Å². The molecule has 0 amide bonds. The summed E-state index contributed by atoms with van der Waals surface area (Å²) in [5, 5.41) is 13.7. The number of hydrogen-bond donors (Lipinski definition) is 2. The highest BCUT2D eigenvalue weighted by molar-refractivity contribution is 7.82. The summed E-state index contributed by atoms with van der Waals surface area (Å²) in [5.41, 5.74) is 12.1. The van der Waals surface area contributed by atoms with E-state index in [0.717, 1.165) is 21.8 Å². The molecule has 1 heterocycles. The third-order valence-corrected chi connectivity index (χ3v) is 4.57. The van der Waals surface area contributed by atoms with Gasteiger partial charge in [-0.3, -0.25) is 5.43 Å². The van der Waals surface area contributed by atoms with Gasteiger partial charge in [-0.1, -0.05) is 18.3 Å². The maximum Gasteiger partial charge on any atom is 0.194 e. The van der Waals surface area contributed by atoms with Crippen molar-refractivity contribution in [2.45, 2.75) is 6.92 Å². The molecule has 118 valence electrons. The molecule has 0 spiro atoms. The third-order valence-electron chi connectivity index (χ3n) is 3.31. The number of thiazole rings is 1. The number of aromatic nitrogens is 1. The summed E-state index contributed by atoms with van der Waals surface area (Å²) in [6.45, 7) is 2.07. The van der Waals surface area contributed by atoms with Crippen molar-refractivity contribution >= 4 is 50.2 Å². The average molecular weight is 351 g/mol. The molecule has 3 rings (SSSR count). The molecule has 7 heteroatoms. The topological polar surface area (TPSA) is 87.1 Å². The molecule has 0 saturated carbocycles. The van der Waals surface area contributed by atoms with Gasteiger partial charge < -0.3 is 5.73 Å². The molecule has 0 fully saturated rings. The number of thiocarbonyl (C=S) groups is 1. The number of hydrazone groups is 1. The summed E-state index contributed by atoms with van der Waals surface area (Å²) in [6.07, 6.45) is 0. The molecule has 0 unspecified atom stereocenters. The lowest BCUT2D eigenvalue weighted by atomic mass is 10.2. The molecule has 0 aliphatic carbocycles. The lowest BCUT2D eigenvalue weighted by molar-refractivity contribution is 1.34. The molecule has 3 N–H and O–H groups in total. The van der Waals surface area contributed by atoms with Crippen molar-refractivity contribution in [1.29, 1.82) is 5.26 Å². The van der Waals surface area contributed by atoms with Gasteiger partial charge in [0, 0.05) is 5.56 Å². The van der Waals surface area contributed by atoms with Gasteiger partial charge in [0.25, 0.3) is 0 Å². The van der Waals surface area contributed by atoms with Crippen LogP contribution in [0, 0.1) is 18.3 Å². The van der Waals surface area contributed by atoms with Crippen molar-refractivity contribution in [2.75, 3.05) is 5.43 Å². The van der Waals surface area contributed by atoms with Crippen LogP contribution < -0.4 is 11.2 Å². The van der Waals surface area contributed by atoms with Crippen LogP contribution >= 0.6 is 23.6 Å². The third kappa shape index (κ3) is 3.40. The quantitative estimate of drug-likeness (QED) is 0.423. The Kier molecular flexibility index (Phi) is 4.51. The average Bonchev–Trinajstić information content (AvgIpc) is 2.98. The Morgan fingerprint density at radius 3 is 2.71 bits per heavy atom. The molecule has 24 heavy (non-hydrogen) atoms. The van der Waals surface area contributed by atoms with Crippen LogP contribution in [-0.2, 0) is 0 Å².